The monoisotopic (exact) mass is 384 g/mol. The van der Waals surface area contributed by atoms with Crippen LogP contribution >= 0.6 is 12.2 Å². The van der Waals surface area contributed by atoms with Crippen LogP contribution in [0.4, 0.5) is 5.69 Å². The van der Waals surface area contributed by atoms with Crippen LogP contribution in [-0.2, 0) is 11.2 Å². The van der Waals surface area contributed by atoms with E-state index in [1.807, 2.05) is 12.1 Å². The fraction of sp³-hybridized carbons (Fsp3) is 0.333. The minimum absolute atomic E-state index is 0.160. The molecule has 2 aromatic carbocycles. The van der Waals surface area contributed by atoms with E-state index >= 15 is 0 Å². The number of esters is 1. The van der Waals surface area contributed by atoms with Crippen molar-refractivity contribution in [3.63, 3.8) is 0 Å². The van der Waals surface area contributed by atoms with Crippen molar-refractivity contribution in [2.75, 3.05) is 19.0 Å². The molecule has 2 aromatic rings. The molecule has 0 saturated carbocycles. The van der Waals surface area contributed by atoms with Crippen molar-refractivity contribution in [1.29, 1.82) is 0 Å². The number of anilines is 1. The van der Waals surface area contributed by atoms with E-state index < -0.39 is 0 Å². The molecule has 0 radical (unpaired) electrons. The number of nitrogens with one attached hydrogen (secondary N) is 2. The normalized spacial score (nSPS) is 15.4. The number of thiocarbonyl (C=S) groups is 1. The molecule has 5 nitrogen and oxygen atoms in total. The van der Waals surface area contributed by atoms with E-state index in [9.17, 15) is 4.79 Å². The maximum atomic E-state index is 11.9. The Morgan fingerprint density at radius 1 is 1.26 bits per heavy atom. The van der Waals surface area contributed by atoms with Crippen molar-refractivity contribution in [2.45, 2.75) is 32.2 Å². The molecule has 6 heteroatoms. The third kappa shape index (κ3) is 4.77. The van der Waals surface area contributed by atoms with Gasteiger partial charge in [0.25, 0.3) is 0 Å². The van der Waals surface area contributed by atoms with Gasteiger partial charge in [-0.15, -0.1) is 0 Å². The van der Waals surface area contributed by atoms with Crippen LogP contribution in [0.15, 0.2) is 42.5 Å². The summed E-state index contributed by atoms with van der Waals surface area (Å²) in [6.45, 7) is 2.14. The molecule has 0 bridgehead atoms. The van der Waals surface area contributed by atoms with Crippen LogP contribution in [0.2, 0.25) is 0 Å². The lowest BCUT2D eigenvalue weighted by molar-refractivity contribution is 0.0526. The quantitative estimate of drug-likeness (QED) is 0.594. The van der Waals surface area contributed by atoms with E-state index in [1.54, 1.807) is 32.2 Å². The smallest absolute Gasteiger partial charge is 0.338 e. The van der Waals surface area contributed by atoms with Crippen LogP contribution < -0.4 is 15.4 Å². The van der Waals surface area contributed by atoms with Crippen LogP contribution in [0.25, 0.3) is 0 Å². The number of carbonyl (C=O) groups is 1. The second-order valence-corrected chi connectivity index (χ2v) is 6.82. The molecule has 1 aliphatic carbocycles. The van der Waals surface area contributed by atoms with Gasteiger partial charge in [-0.2, -0.15) is 0 Å². The number of methoxy groups -OCH3 is 1. The average molecular weight is 385 g/mol. The second kappa shape index (κ2) is 8.86. The van der Waals surface area contributed by atoms with Crippen LogP contribution in [0, 0.1) is 0 Å². The Bertz CT molecular complexity index is 838. The molecule has 0 amide bonds. The maximum absolute atomic E-state index is 11.9. The number of fused-ring (bicyclic) bond motifs is 1. The second-order valence-electron chi connectivity index (χ2n) is 6.41. The molecule has 0 spiro atoms. The number of benzene rings is 2. The van der Waals surface area contributed by atoms with Gasteiger partial charge in [0.05, 0.1) is 25.3 Å². The summed E-state index contributed by atoms with van der Waals surface area (Å²) >= 11 is 5.49. The first kappa shape index (κ1) is 19.2. The summed E-state index contributed by atoms with van der Waals surface area (Å²) in [6, 6.07) is 13.5. The average Bonchev–Trinajstić information content (AvgIpc) is 2.68. The van der Waals surface area contributed by atoms with Gasteiger partial charge in [0.15, 0.2) is 5.11 Å². The Morgan fingerprint density at radius 2 is 2.11 bits per heavy atom. The van der Waals surface area contributed by atoms with Gasteiger partial charge in [0.1, 0.15) is 5.75 Å². The zero-order valence-corrected chi connectivity index (χ0v) is 16.4. The molecule has 0 aromatic heterocycles. The van der Waals surface area contributed by atoms with Crippen LogP contribution in [0.3, 0.4) is 0 Å². The highest BCUT2D eigenvalue weighted by Gasteiger charge is 2.21. The first-order valence-electron chi connectivity index (χ1n) is 9.12. The molecule has 0 aliphatic heterocycles. The summed E-state index contributed by atoms with van der Waals surface area (Å²) in [7, 11) is 1.68. The first-order chi connectivity index (χ1) is 13.1. The van der Waals surface area contributed by atoms with Gasteiger partial charge in [-0.3, -0.25) is 0 Å². The van der Waals surface area contributed by atoms with Crippen LogP contribution in [-0.4, -0.2) is 24.8 Å². The molecule has 2 N–H and O–H groups in total. The van der Waals surface area contributed by atoms with Crippen LogP contribution in [0.5, 0.6) is 5.75 Å². The molecule has 27 heavy (non-hydrogen) atoms. The molecule has 0 unspecified atom stereocenters. The van der Waals surface area contributed by atoms with Crippen molar-refractivity contribution in [2.24, 2.45) is 0 Å². The number of aryl methyl sites for hydroxylation is 1. The lowest BCUT2D eigenvalue weighted by Gasteiger charge is -2.28. The zero-order chi connectivity index (χ0) is 19.2. The molecule has 1 atom stereocenters. The molecule has 3 rings (SSSR count). The Morgan fingerprint density at radius 3 is 2.89 bits per heavy atom. The fourth-order valence-corrected chi connectivity index (χ4v) is 3.59. The predicted octanol–water partition coefficient (Wildman–Crippen LogP) is 4.24. The van der Waals surface area contributed by atoms with Gasteiger partial charge in [0.2, 0.25) is 0 Å². The first-order valence-corrected chi connectivity index (χ1v) is 9.53. The summed E-state index contributed by atoms with van der Waals surface area (Å²) in [5.74, 6) is 0.543. The number of ether oxygens (including phenoxy) is 2. The molecular weight excluding hydrogens is 360 g/mol. The summed E-state index contributed by atoms with van der Waals surface area (Å²) in [5, 5.41) is 7.10. The van der Waals surface area contributed by atoms with E-state index in [2.05, 4.69) is 22.8 Å². The fourth-order valence-electron chi connectivity index (χ4n) is 3.33. The summed E-state index contributed by atoms with van der Waals surface area (Å²) < 4.78 is 10.4. The summed E-state index contributed by atoms with van der Waals surface area (Å²) in [5.41, 5.74) is 3.81. The summed E-state index contributed by atoms with van der Waals surface area (Å²) in [4.78, 5) is 11.9. The highest BCUT2D eigenvalue weighted by Crippen LogP contribution is 2.32. The minimum atomic E-state index is -0.338. The molecule has 0 saturated heterocycles. The van der Waals surface area contributed by atoms with Gasteiger partial charge < -0.3 is 20.1 Å². The maximum Gasteiger partial charge on any atom is 0.338 e. The Kier molecular flexibility index (Phi) is 6.29. The SMILES string of the molecule is CCOC(=O)c1cccc(NC(=S)N[C@H]2CCCc3cc(OC)ccc32)c1. The van der Waals surface area contributed by atoms with Crippen molar-refractivity contribution in [3.8, 4) is 5.75 Å². The Hall–Kier alpha value is -2.60. The number of carbonyl (C=O) groups excluding carboxylic acids is 1. The Balaban J connectivity index is 1.67. The number of hydrogen-bond acceptors (Lipinski definition) is 4. The van der Waals surface area contributed by atoms with Crippen molar-refractivity contribution in [1.82, 2.24) is 5.32 Å². The van der Waals surface area contributed by atoms with E-state index in [4.69, 9.17) is 21.7 Å². The lowest BCUT2D eigenvalue weighted by Crippen LogP contribution is -2.34. The van der Waals surface area contributed by atoms with Crippen molar-refractivity contribution >= 4 is 29.0 Å². The standard InChI is InChI=1S/C21H24N2O3S/c1-3-26-20(24)15-7-4-8-16(12-15)22-21(27)23-19-9-5-6-14-13-17(25-2)10-11-18(14)19/h4,7-8,10-13,19H,3,5-6,9H2,1-2H3,(H2,22,23,27)/t19-/m0/s1. The minimum Gasteiger partial charge on any atom is -0.497 e. The topological polar surface area (TPSA) is 59.6 Å². The highest BCUT2D eigenvalue weighted by molar-refractivity contribution is 7.80. The largest absolute Gasteiger partial charge is 0.497 e. The van der Waals surface area contributed by atoms with Crippen molar-refractivity contribution in [3.05, 3.63) is 59.2 Å². The van der Waals surface area contributed by atoms with Gasteiger partial charge >= 0.3 is 5.97 Å². The molecule has 1 aliphatic rings. The molecule has 0 fully saturated rings. The highest BCUT2D eigenvalue weighted by atomic mass is 32.1. The molecule has 142 valence electrons. The molecular formula is C21H24N2O3S. The molecule has 0 heterocycles. The van der Waals surface area contributed by atoms with E-state index in [0.29, 0.717) is 17.3 Å². The number of hydrogen-bond donors (Lipinski definition) is 2. The number of rotatable bonds is 5. The van der Waals surface area contributed by atoms with E-state index in [0.717, 1.165) is 30.7 Å². The zero-order valence-electron chi connectivity index (χ0n) is 15.6. The predicted molar refractivity (Wildman–Crippen MR) is 110 cm³/mol. The van der Waals surface area contributed by atoms with Crippen molar-refractivity contribution < 1.29 is 14.3 Å². The third-order valence-corrected chi connectivity index (χ3v) is 4.82. The van der Waals surface area contributed by atoms with E-state index in [-0.39, 0.29) is 12.0 Å². The van der Waals surface area contributed by atoms with E-state index in [1.165, 1.54) is 11.1 Å². The van der Waals surface area contributed by atoms with Gasteiger partial charge in [-0.05, 0) is 79.9 Å². The Labute approximate surface area is 165 Å². The van der Waals surface area contributed by atoms with Crippen LogP contribution in [0.1, 0.15) is 47.3 Å². The van der Waals surface area contributed by atoms with Gasteiger partial charge in [-0.25, -0.2) is 4.79 Å². The lowest BCUT2D eigenvalue weighted by atomic mass is 9.87. The van der Waals surface area contributed by atoms with Gasteiger partial charge in [-0.1, -0.05) is 12.1 Å². The summed E-state index contributed by atoms with van der Waals surface area (Å²) in [6.07, 6.45) is 3.16. The van der Waals surface area contributed by atoms with Gasteiger partial charge in [0, 0.05) is 5.69 Å². The third-order valence-electron chi connectivity index (χ3n) is 4.60.